The Bertz CT molecular complexity index is 462. The van der Waals surface area contributed by atoms with Crippen molar-refractivity contribution in [2.24, 2.45) is 0 Å². The van der Waals surface area contributed by atoms with Crippen molar-refractivity contribution in [1.29, 1.82) is 0 Å². The molecule has 0 unspecified atom stereocenters. The molecular formula is C13H17ClF2N2O. The SMILES string of the molecule is Cc1cc(C(=O)NC2CCNCC2)c(F)cc1F.Cl. The third-order valence-corrected chi connectivity index (χ3v) is 3.17. The molecule has 0 spiro atoms. The molecule has 6 heteroatoms. The molecule has 0 bridgehead atoms. The van der Waals surface area contributed by atoms with Crippen molar-refractivity contribution >= 4 is 18.3 Å². The van der Waals surface area contributed by atoms with Crippen molar-refractivity contribution in [1.82, 2.24) is 10.6 Å². The Morgan fingerprint density at radius 1 is 1.26 bits per heavy atom. The van der Waals surface area contributed by atoms with Crippen LogP contribution in [-0.4, -0.2) is 25.0 Å². The summed E-state index contributed by atoms with van der Waals surface area (Å²) in [5.74, 6) is -1.92. The number of carbonyl (C=O) groups is 1. The van der Waals surface area contributed by atoms with Crippen molar-refractivity contribution in [2.45, 2.75) is 25.8 Å². The lowest BCUT2D eigenvalue weighted by Gasteiger charge is -2.23. The second-order valence-corrected chi connectivity index (χ2v) is 4.58. The highest BCUT2D eigenvalue weighted by atomic mass is 35.5. The predicted octanol–water partition coefficient (Wildman–Crippen LogP) is 2.18. The van der Waals surface area contributed by atoms with Gasteiger partial charge in [0.2, 0.25) is 0 Å². The van der Waals surface area contributed by atoms with Crippen LogP contribution in [0.2, 0.25) is 0 Å². The number of carbonyl (C=O) groups excluding carboxylic acids is 1. The Labute approximate surface area is 117 Å². The molecule has 0 aliphatic carbocycles. The van der Waals surface area contributed by atoms with Gasteiger partial charge in [0.1, 0.15) is 11.6 Å². The zero-order chi connectivity index (χ0) is 13.1. The third kappa shape index (κ3) is 3.88. The molecule has 0 radical (unpaired) electrons. The van der Waals surface area contributed by atoms with Crippen molar-refractivity contribution in [3.05, 3.63) is 34.9 Å². The quantitative estimate of drug-likeness (QED) is 0.876. The van der Waals surface area contributed by atoms with Gasteiger partial charge in [-0.15, -0.1) is 12.4 Å². The summed E-state index contributed by atoms with van der Waals surface area (Å²) in [5.41, 5.74) is 0.180. The zero-order valence-electron chi connectivity index (χ0n) is 10.6. The van der Waals surface area contributed by atoms with Crippen LogP contribution in [0.15, 0.2) is 12.1 Å². The van der Waals surface area contributed by atoms with Gasteiger partial charge in [0.15, 0.2) is 0 Å². The number of amides is 1. The Morgan fingerprint density at radius 2 is 1.89 bits per heavy atom. The highest BCUT2D eigenvalue weighted by molar-refractivity contribution is 5.94. The molecule has 1 aromatic carbocycles. The van der Waals surface area contributed by atoms with Crippen molar-refractivity contribution in [2.75, 3.05) is 13.1 Å². The minimum absolute atomic E-state index is 0. The van der Waals surface area contributed by atoms with Crippen LogP contribution in [0.3, 0.4) is 0 Å². The normalized spacial score (nSPS) is 15.7. The maximum atomic E-state index is 13.5. The fourth-order valence-corrected chi connectivity index (χ4v) is 2.06. The molecule has 1 aliphatic rings. The minimum Gasteiger partial charge on any atom is -0.349 e. The standard InChI is InChI=1S/C13H16F2N2O.ClH/c1-8-6-10(12(15)7-11(8)14)13(18)17-9-2-4-16-5-3-9;/h6-7,9,16H,2-5H2,1H3,(H,17,18);1H. The number of halogens is 3. The molecular weight excluding hydrogens is 274 g/mol. The molecule has 1 amide bonds. The van der Waals surface area contributed by atoms with E-state index >= 15 is 0 Å². The molecule has 0 aromatic heterocycles. The zero-order valence-corrected chi connectivity index (χ0v) is 11.4. The summed E-state index contributed by atoms with van der Waals surface area (Å²) in [6.45, 7) is 3.20. The first-order valence-electron chi connectivity index (χ1n) is 6.05. The molecule has 3 nitrogen and oxygen atoms in total. The Balaban J connectivity index is 0.00000180. The summed E-state index contributed by atoms with van der Waals surface area (Å²) in [4.78, 5) is 11.9. The number of piperidine rings is 1. The van der Waals surface area contributed by atoms with E-state index in [9.17, 15) is 13.6 Å². The van der Waals surface area contributed by atoms with E-state index in [0.29, 0.717) is 0 Å². The molecule has 1 heterocycles. The summed E-state index contributed by atoms with van der Waals surface area (Å²) in [7, 11) is 0. The number of aryl methyl sites for hydroxylation is 1. The van der Waals surface area contributed by atoms with Crippen LogP contribution >= 0.6 is 12.4 Å². The van der Waals surface area contributed by atoms with E-state index in [4.69, 9.17) is 0 Å². The van der Waals surface area contributed by atoms with Crippen molar-refractivity contribution in [3.63, 3.8) is 0 Å². The van der Waals surface area contributed by atoms with E-state index in [1.807, 2.05) is 0 Å². The maximum Gasteiger partial charge on any atom is 0.254 e. The van der Waals surface area contributed by atoms with Crippen LogP contribution in [0.5, 0.6) is 0 Å². The topological polar surface area (TPSA) is 41.1 Å². The summed E-state index contributed by atoms with van der Waals surface area (Å²) in [6.07, 6.45) is 1.65. The smallest absolute Gasteiger partial charge is 0.254 e. The Morgan fingerprint density at radius 3 is 2.53 bits per heavy atom. The van der Waals surface area contributed by atoms with Gasteiger partial charge >= 0.3 is 0 Å². The fraction of sp³-hybridized carbons (Fsp3) is 0.462. The van der Waals surface area contributed by atoms with Crippen LogP contribution in [-0.2, 0) is 0 Å². The average Bonchev–Trinajstić information content (AvgIpc) is 2.35. The maximum absolute atomic E-state index is 13.5. The molecule has 2 N–H and O–H groups in total. The number of nitrogens with one attached hydrogen (secondary N) is 2. The van der Waals surface area contributed by atoms with Gasteiger partial charge in [-0.1, -0.05) is 0 Å². The Kier molecular flexibility index (Phi) is 5.69. The van der Waals surface area contributed by atoms with E-state index in [1.165, 1.54) is 13.0 Å². The summed E-state index contributed by atoms with van der Waals surface area (Å²) in [6, 6.07) is 2.07. The van der Waals surface area contributed by atoms with Crippen LogP contribution in [0.4, 0.5) is 8.78 Å². The van der Waals surface area contributed by atoms with Gasteiger partial charge in [-0.25, -0.2) is 8.78 Å². The molecule has 106 valence electrons. The van der Waals surface area contributed by atoms with Crippen LogP contribution in [0.1, 0.15) is 28.8 Å². The van der Waals surface area contributed by atoms with E-state index in [2.05, 4.69) is 10.6 Å². The first-order chi connectivity index (χ1) is 8.58. The van der Waals surface area contributed by atoms with E-state index in [1.54, 1.807) is 0 Å². The largest absolute Gasteiger partial charge is 0.349 e. The second kappa shape index (κ2) is 6.82. The van der Waals surface area contributed by atoms with Gasteiger partial charge < -0.3 is 10.6 Å². The highest BCUT2D eigenvalue weighted by Gasteiger charge is 2.19. The lowest BCUT2D eigenvalue weighted by molar-refractivity contribution is 0.0925. The monoisotopic (exact) mass is 290 g/mol. The minimum atomic E-state index is -0.815. The van der Waals surface area contributed by atoms with Crippen molar-refractivity contribution < 1.29 is 13.6 Å². The highest BCUT2D eigenvalue weighted by Crippen LogP contribution is 2.15. The first-order valence-corrected chi connectivity index (χ1v) is 6.05. The molecule has 0 saturated carbocycles. The first kappa shape index (κ1) is 15.9. The van der Waals surface area contributed by atoms with Crippen LogP contribution in [0, 0.1) is 18.6 Å². The molecule has 2 rings (SSSR count). The van der Waals surface area contributed by atoms with Gasteiger partial charge in [0.25, 0.3) is 5.91 Å². The lowest BCUT2D eigenvalue weighted by Crippen LogP contribution is -2.42. The fourth-order valence-electron chi connectivity index (χ4n) is 2.06. The number of benzene rings is 1. The molecule has 19 heavy (non-hydrogen) atoms. The van der Waals surface area contributed by atoms with Gasteiger partial charge in [-0.3, -0.25) is 4.79 Å². The second-order valence-electron chi connectivity index (χ2n) is 4.58. The average molecular weight is 291 g/mol. The third-order valence-electron chi connectivity index (χ3n) is 3.17. The number of hydrogen-bond donors (Lipinski definition) is 2. The Hall–Kier alpha value is -1.20. The van der Waals surface area contributed by atoms with E-state index in [0.717, 1.165) is 32.0 Å². The number of rotatable bonds is 2. The summed E-state index contributed by atoms with van der Waals surface area (Å²) < 4.78 is 26.6. The molecule has 1 saturated heterocycles. The summed E-state index contributed by atoms with van der Waals surface area (Å²) in [5, 5.41) is 5.96. The molecule has 1 aliphatic heterocycles. The molecule has 1 fully saturated rings. The van der Waals surface area contributed by atoms with E-state index < -0.39 is 17.5 Å². The van der Waals surface area contributed by atoms with Crippen LogP contribution < -0.4 is 10.6 Å². The van der Waals surface area contributed by atoms with Gasteiger partial charge in [-0.05, 0) is 44.5 Å². The van der Waals surface area contributed by atoms with Gasteiger partial charge in [0.05, 0.1) is 5.56 Å². The number of hydrogen-bond acceptors (Lipinski definition) is 2. The molecule has 1 aromatic rings. The van der Waals surface area contributed by atoms with Crippen molar-refractivity contribution in [3.8, 4) is 0 Å². The van der Waals surface area contributed by atoms with E-state index in [-0.39, 0.29) is 29.6 Å². The van der Waals surface area contributed by atoms with Gasteiger partial charge in [0, 0.05) is 12.1 Å². The molecule has 0 atom stereocenters. The van der Waals surface area contributed by atoms with Crippen LogP contribution in [0.25, 0.3) is 0 Å². The summed E-state index contributed by atoms with van der Waals surface area (Å²) >= 11 is 0. The predicted molar refractivity (Wildman–Crippen MR) is 71.7 cm³/mol. The van der Waals surface area contributed by atoms with Gasteiger partial charge in [-0.2, -0.15) is 0 Å². The lowest BCUT2D eigenvalue weighted by atomic mass is 10.1.